The summed E-state index contributed by atoms with van der Waals surface area (Å²) in [5.74, 6) is 0.533. The van der Waals surface area contributed by atoms with Gasteiger partial charge in [0.1, 0.15) is 0 Å². The lowest BCUT2D eigenvalue weighted by molar-refractivity contribution is -0.113. The summed E-state index contributed by atoms with van der Waals surface area (Å²) in [6.45, 7) is 4.17. The van der Waals surface area contributed by atoms with Crippen molar-refractivity contribution in [2.24, 2.45) is 0 Å². The third kappa shape index (κ3) is 3.44. The van der Waals surface area contributed by atoms with E-state index < -0.39 is 0 Å². The normalized spacial score (nSPS) is 11.0. The maximum absolute atomic E-state index is 11.6. The van der Waals surface area contributed by atoms with Gasteiger partial charge in [0.25, 0.3) is 0 Å². The molecule has 0 unspecified atom stereocenters. The van der Waals surface area contributed by atoms with E-state index in [0.29, 0.717) is 11.0 Å². The summed E-state index contributed by atoms with van der Waals surface area (Å²) in [4.78, 5) is 15.9. The number of rotatable bonds is 4. The Morgan fingerprint density at radius 2 is 2.35 bits per heavy atom. The number of amides is 1. The van der Waals surface area contributed by atoms with Crippen LogP contribution in [-0.4, -0.2) is 21.9 Å². The number of nitrogens with zero attached hydrogens (tertiary/aromatic N) is 1. The SMILES string of the molecule is CC(C)SCC(=O)Nc1ccc2scnc2c1. The molecule has 0 bridgehead atoms. The molecule has 2 rings (SSSR count). The molecule has 0 aliphatic heterocycles. The molecule has 1 N–H and O–H groups in total. The van der Waals surface area contributed by atoms with Gasteiger partial charge >= 0.3 is 0 Å². The Bertz CT molecular complexity index is 522. The first-order chi connectivity index (χ1) is 8.15. The summed E-state index contributed by atoms with van der Waals surface area (Å²) in [7, 11) is 0. The molecule has 17 heavy (non-hydrogen) atoms. The van der Waals surface area contributed by atoms with Crippen LogP contribution < -0.4 is 5.32 Å². The fourth-order valence-corrected chi connectivity index (χ4v) is 2.59. The van der Waals surface area contributed by atoms with Crippen molar-refractivity contribution in [3.05, 3.63) is 23.7 Å². The number of carbonyl (C=O) groups is 1. The van der Waals surface area contributed by atoms with Gasteiger partial charge in [0, 0.05) is 5.69 Å². The summed E-state index contributed by atoms with van der Waals surface area (Å²) < 4.78 is 1.14. The molecule has 1 aromatic carbocycles. The minimum Gasteiger partial charge on any atom is -0.325 e. The highest BCUT2D eigenvalue weighted by molar-refractivity contribution is 8.00. The van der Waals surface area contributed by atoms with Crippen molar-refractivity contribution in [2.75, 3.05) is 11.1 Å². The van der Waals surface area contributed by atoms with Crippen molar-refractivity contribution in [2.45, 2.75) is 19.1 Å². The van der Waals surface area contributed by atoms with Crippen molar-refractivity contribution in [3.63, 3.8) is 0 Å². The number of fused-ring (bicyclic) bond motifs is 1. The Hall–Kier alpha value is -1.07. The van der Waals surface area contributed by atoms with E-state index in [2.05, 4.69) is 24.1 Å². The van der Waals surface area contributed by atoms with Crippen LogP contribution in [-0.2, 0) is 4.79 Å². The molecule has 0 spiro atoms. The number of hydrogen-bond acceptors (Lipinski definition) is 4. The third-order valence-corrected chi connectivity index (χ3v) is 4.07. The van der Waals surface area contributed by atoms with Crippen LogP contribution in [0.15, 0.2) is 23.7 Å². The Labute approximate surface area is 109 Å². The van der Waals surface area contributed by atoms with E-state index in [1.165, 1.54) is 0 Å². The zero-order valence-corrected chi connectivity index (χ0v) is 11.4. The fourth-order valence-electron chi connectivity index (χ4n) is 1.38. The molecule has 0 saturated heterocycles. The molecule has 0 aliphatic rings. The highest BCUT2D eigenvalue weighted by Crippen LogP contribution is 2.21. The first-order valence-corrected chi connectivity index (χ1v) is 7.32. The summed E-state index contributed by atoms with van der Waals surface area (Å²) in [5, 5.41) is 3.36. The minimum absolute atomic E-state index is 0.0401. The monoisotopic (exact) mass is 266 g/mol. The molecule has 2 aromatic rings. The van der Waals surface area contributed by atoms with Gasteiger partial charge in [-0.05, 0) is 23.4 Å². The number of carbonyl (C=O) groups excluding carboxylic acids is 1. The van der Waals surface area contributed by atoms with Gasteiger partial charge in [0.05, 0.1) is 21.5 Å². The van der Waals surface area contributed by atoms with Crippen molar-refractivity contribution in [1.29, 1.82) is 0 Å². The van der Waals surface area contributed by atoms with Gasteiger partial charge in [-0.3, -0.25) is 4.79 Å². The number of hydrogen-bond donors (Lipinski definition) is 1. The molecule has 1 aromatic heterocycles. The van der Waals surface area contributed by atoms with E-state index in [9.17, 15) is 4.79 Å². The summed E-state index contributed by atoms with van der Waals surface area (Å²) in [6.07, 6.45) is 0. The molecular weight excluding hydrogens is 252 g/mol. The van der Waals surface area contributed by atoms with E-state index in [-0.39, 0.29) is 5.91 Å². The van der Waals surface area contributed by atoms with Gasteiger partial charge in [-0.1, -0.05) is 13.8 Å². The third-order valence-electron chi connectivity index (χ3n) is 2.16. The first-order valence-electron chi connectivity index (χ1n) is 5.40. The Morgan fingerprint density at radius 1 is 1.53 bits per heavy atom. The molecule has 5 heteroatoms. The minimum atomic E-state index is 0.0401. The van der Waals surface area contributed by atoms with Crippen LogP contribution in [0.25, 0.3) is 10.2 Å². The lowest BCUT2D eigenvalue weighted by atomic mass is 10.3. The fraction of sp³-hybridized carbons (Fsp3) is 0.333. The first kappa shape index (κ1) is 12.4. The molecule has 1 amide bonds. The number of nitrogens with one attached hydrogen (secondary N) is 1. The Morgan fingerprint density at radius 3 is 3.12 bits per heavy atom. The summed E-state index contributed by atoms with van der Waals surface area (Å²) in [6, 6.07) is 5.81. The van der Waals surface area contributed by atoms with E-state index >= 15 is 0 Å². The van der Waals surface area contributed by atoms with Gasteiger partial charge in [-0.15, -0.1) is 23.1 Å². The molecule has 3 nitrogen and oxygen atoms in total. The zero-order chi connectivity index (χ0) is 12.3. The number of thiazole rings is 1. The van der Waals surface area contributed by atoms with E-state index in [4.69, 9.17) is 0 Å². The van der Waals surface area contributed by atoms with Crippen LogP contribution >= 0.6 is 23.1 Å². The Balaban J connectivity index is 2.00. The van der Waals surface area contributed by atoms with Crippen LogP contribution in [0, 0.1) is 0 Å². The maximum atomic E-state index is 11.6. The smallest absolute Gasteiger partial charge is 0.234 e. The standard InChI is InChI=1S/C12H14N2OS2/c1-8(2)16-6-12(15)14-9-3-4-11-10(5-9)13-7-17-11/h3-5,7-8H,6H2,1-2H3,(H,14,15). The van der Waals surface area contributed by atoms with Gasteiger partial charge in [0.2, 0.25) is 5.91 Å². The van der Waals surface area contributed by atoms with Crippen LogP contribution in [0.5, 0.6) is 0 Å². The largest absolute Gasteiger partial charge is 0.325 e. The molecule has 1 heterocycles. The summed E-state index contributed by atoms with van der Waals surface area (Å²) in [5.41, 5.74) is 3.56. The predicted octanol–water partition coefficient (Wildman–Crippen LogP) is 3.38. The number of benzene rings is 1. The van der Waals surface area contributed by atoms with E-state index in [1.807, 2.05) is 23.7 Å². The average Bonchev–Trinajstić information content (AvgIpc) is 2.73. The van der Waals surface area contributed by atoms with Gasteiger partial charge in [-0.25, -0.2) is 4.98 Å². The number of anilines is 1. The highest BCUT2D eigenvalue weighted by Gasteiger charge is 2.05. The van der Waals surface area contributed by atoms with Gasteiger partial charge in [-0.2, -0.15) is 0 Å². The quantitative estimate of drug-likeness (QED) is 0.922. The molecule has 0 atom stereocenters. The lowest BCUT2D eigenvalue weighted by Crippen LogP contribution is -2.15. The van der Waals surface area contributed by atoms with Crippen LogP contribution in [0.1, 0.15) is 13.8 Å². The molecule has 90 valence electrons. The summed E-state index contributed by atoms with van der Waals surface area (Å²) >= 11 is 3.24. The predicted molar refractivity (Wildman–Crippen MR) is 75.8 cm³/mol. The zero-order valence-electron chi connectivity index (χ0n) is 9.77. The van der Waals surface area contributed by atoms with E-state index in [0.717, 1.165) is 15.9 Å². The number of thioether (sulfide) groups is 1. The molecule has 0 fully saturated rings. The molecule has 0 radical (unpaired) electrons. The Kier molecular flexibility index (Phi) is 4.02. The van der Waals surface area contributed by atoms with Crippen molar-refractivity contribution >= 4 is 44.9 Å². The van der Waals surface area contributed by atoms with Gasteiger partial charge < -0.3 is 5.32 Å². The molecule has 0 saturated carbocycles. The van der Waals surface area contributed by atoms with Gasteiger partial charge in [0.15, 0.2) is 0 Å². The van der Waals surface area contributed by atoms with Crippen molar-refractivity contribution in [1.82, 2.24) is 4.98 Å². The van der Waals surface area contributed by atoms with Crippen molar-refractivity contribution < 1.29 is 4.79 Å². The second kappa shape index (κ2) is 5.51. The van der Waals surface area contributed by atoms with Crippen LogP contribution in [0.3, 0.4) is 0 Å². The second-order valence-electron chi connectivity index (χ2n) is 3.94. The average molecular weight is 266 g/mol. The second-order valence-corrected chi connectivity index (χ2v) is 6.39. The topological polar surface area (TPSA) is 42.0 Å². The molecule has 0 aliphatic carbocycles. The van der Waals surface area contributed by atoms with Crippen LogP contribution in [0.4, 0.5) is 5.69 Å². The maximum Gasteiger partial charge on any atom is 0.234 e. The molecular formula is C12H14N2OS2. The van der Waals surface area contributed by atoms with Crippen molar-refractivity contribution in [3.8, 4) is 0 Å². The number of aromatic nitrogens is 1. The lowest BCUT2D eigenvalue weighted by Gasteiger charge is -2.06. The highest BCUT2D eigenvalue weighted by atomic mass is 32.2. The van der Waals surface area contributed by atoms with Crippen LogP contribution in [0.2, 0.25) is 0 Å². The van der Waals surface area contributed by atoms with E-state index in [1.54, 1.807) is 23.1 Å².